The van der Waals surface area contributed by atoms with Crippen LogP contribution in [0.3, 0.4) is 0 Å². The van der Waals surface area contributed by atoms with Gasteiger partial charge < -0.3 is 5.32 Å². The molecule has 0 amide bonds. The first-order valence-corrected chi connectivity index (χ1v) is 7.35. The molecule has 3 heterocycles. The Labute approximate surface area is 120 Å². The standard InChI is InChI=1S/C13H16N6S/c1-4-10-5-11(19-13(18-10)15-7-16-19)14-6-12-17-8(2)9(3)20-12/h5,7,14H,4,6H2,1-3H3. The lowest BCUT2D eigenvalue weighted by Crippen LogP contribution is -2.07. The number of thiazole rings is 1. The fourth-order valence-electron chi connectivity index (χ4n) is 1.95. The van der Waals surface area contributed by atoms with Crippen molar-refractivity contribution in [2.45, 2.75) is 33.7 Å². The maximum absolute atomic E-state index is 4.53. The molecule has 104 valence electrons. The molecule has 0 aromatic carbocycles. The quantitative estimate of drug-likeness (QED) is 0.798. The first-order chi connectivity index (χ1) is 9.67. The average Bonchev–Trinajstić information content (AvgIpc) is 3.03. The van der Waals surface area contributed by atoms with Crippen LogP contribution in [0.25, 0.3) is 5.78 Å². The van der Waals surface area contributed by atoms with Crippen molar-refractivity contribution < 1.29 is 0 Å². The zero-order valence-electron chi connectivity index (χ0n) is 11.7. The van der Waals surface area contributed by atoms with Gasteiger partial charge in [-0.25, -0.2) is 9.97 Å². The molecule has 0 atom stereocenters. The molecule has 0 aliphatic rings. The van der Waals surface area contributed by atoms with Gasteiger partial charge in [-0.1, -0.05) is 6.92 Å². The van der Waals surface area contributed by atoms with E-state index in [1.165, 1.54) is 11.2 Å². The van der Waals surface area contributed by atoms with Gasteiger partial charge >= 0.3 is 0 Å². The van der Waals surface area contributed by atoms with E-state index in [-0.39, 0.29) is 0 Å². The van der Waals surface area contributed by atoms with Crippen LogP contribution in [0.4, 0.5) is 5.82 Å². The summed E-state index contributed by atoms with van der Waals surface area (Å²) < 4.78 is 1.71. The summed E-state index contributed by atoms with van der Waals surface area (Å²) in [5, 5.41) is 8.64. The van der Waals surface area contributed by atoms with Gasteiger partial charge in [0.15, 0.2) is 0 Å². The Kier molecular flexibility index (Phi) is 3.35. The van der Waals surface area contributed by atoms with Crippen LogP contribution in [0.1, 0.15) is 28.2 Å². The summed E-state index contributed by atoms with van der Waals surface area (Å²) in [7, 11) is 0. The third-order valence-electron chi connectivity index (χ3n) is 3.16. The SMILES string of the molecule is CCc1cc(NCc2nc(C)c(C)s2)n2ncnc2n1. The minimum Gasteiger partial charge on any atom is -0.363 e. The van der Waals surface area contributed by atoms with Gasteiger partial charge in [0.25, 0.3) is 5.78 Å². The summed E-state index contributed by atoms with van der Waals surface area (Å²) in [5.41, 5.74) is 2.10. The van der Waals surface area contributed by atoms with Crippen molar-refractivity contribution in [3.63, 3.8) is 0 Å². The van der Waals surface area contributed by atoms with Gasteiger partial charge in [-0.3, -0.25) is 0 Å². The van der Waals surface area contributed by atoms with Crippen molar-refractivity contribution in [1.29, 1.82) is 0 Å². The summed E-state index contributed by atoms with van der Waals surface area (Å²) in [6, 6.07) is 2.01. The van der Waals surface area contributed by atoms with E-state index < -0.39 is 0 Å². The average molecular weight is 288 g/mol. The fraction of sp³-hybridized carbons (Fsp3) is 0.385. The third kappa shape index (κ3) is 2.36. The molecule has 20 heavy (non-hydrogen) atoms. The molecule has 3 aromatic heterocycles. The Balaban J connectivity index is 1.88. The second kappa shape index (κ2) is 5.16. The monoisotopic (exact) mass is 288 g/mol. The van der Waals surface area contributed by atoms with E-state index in [0.717, 1.165) is 28.6 Å². The summed E-state index contributed by atoms with van der Waals surface area (Å²) in [6.07, 6.45) is 2.39. The van der Waals surface area contributed by atoms with Crippen molar-refractivity contribution in [2.24, 2.45) is 0 Å². The van der Waals surface area contributed by atoms with Gasteiger partial charge in [0, 0.05) is 16.6 Å². The van der Waals surface area contributed by atoms with Crippen LogP contribution in [0.5, 0.6) is 0 Å². The molecule has 3 aromatic rings. The number of nitrogens with one attached hydrogen (secondary N) is 1. The number of hydrogen-bond donors (Lipinski definition) is 1. The van der Waals surface area contributed by atoms with Gasteiger partial charge in [-0.05, 0) is 20.3 Å². The van der Waals surface area contributed by atoms with Crippen LogP contribution in [-0.4, -0.2) is 24.6 Å². The number of nitrogens with zero attached hydrogens (tertiary/aromatic N) is 5. The maximum atomic E-state index is 4.53. The van der Waals surface area contributed by atoms with Gasteiger partial charge in [0.05, 0.1) is 12.2 Å². The minimum absolute atomic E-state index is 0.623. The number of aromatic nitrogens is 5. The zero-order valence-corrected chi connectivity index (χ0v) is 12.5. The van der Waals surface area contributed by atoms with Crippen molar-refractivity contribution in [1.82, 2.24) is 24.6 Å². The van der Waals surface area contributed by atoms with Gasteiger partial charge in [-0.2, -0.15) is 14.6 Å². The highest BCUT2D eigenvalue weighted by Crippen LogP contribution is 2.18. The molecule has 0 spiro atoms. The molecule has 0 fully saturated rings. The maximum Gasteiger partial charge on any atom is 0.254 e. The summed E-state index contributed by atoms with van der Waals surface area (Å²) >= 11 is 1.72. The lowest BCUT2D eigenvalue weighted by atomic mass is 10.3. The molecule has 0 unspecified atom stereocenters. The number of rotatable bonds is 4. The Morgan fingerprint density at radius 3 is 2.85 bits per heavy atom. The van der Waals surface area contributed by atoms with Gasteiger partial charge in [0.1, 0.15) is 17.2 Å². The van der Waals surface area contributed by atoms with E-state index in [1.807, 2.05) is 13.0 Å². The second-order valence-electron chi connectivity index (χ2n) is 4.56. The van der Waals surface area contributed by atoms with Crippen LogP contribution in [0.15, 0.2) is 12.4 Å². The molecular weight excluding hydrogens is 272 g/mol. The van der Waals surface area contributed by atoms with E-state index >= 15 is 0 Å². The lowest BCUT2D eigenvalue weighted by Gasteiger charge is -2.07. The molecule has 7 heteroatoms. The van der Waals surface area contributed by atoms with Crippen LogP contribution < -0.4 is 5.32 Å². The molecule has 1 N–H and O–H groups in total. The summed E-state index contributed by atoms with van der Waals surface area (Å²) in [5.74, 6) is 1.52. The second-order valence-corrected chi connectivity index (χ2v) is 5.85. The van der Waals surface area contributed by atoms with Gasteiger partial charge in [0.2, 0.25) is 0 Å². The lowest BCUT2D eigenvalue weighted by molar-refractivity contribution is 0.899. The normalized spacial score (nSPS) is 11.2. The van der Waals surface area contributed by atoms with Crippen LogP contribution in [0.2, 0.25) is 0 Å². The zero-order chi connectivity index (χ0) is 14.1. The molecule has 0 saturated carbocycles. The first kappa shape index (κ1) is 13.0. The number of aryl methyl sites for hydroxylation is 3. The Morgan fingerprint density at radius 1 is 1.30 bits per heavy atom. The topological polar surface area (TPSA) is 68.0 Å². The summed E-state index contributed by atoms with van der Waals surface area (Å²) in [4.78, 5) is 14.4. The van der Waals surface area contributed by atoms with E-state index in [1.54, 1.807) is 15.9 Å². The fourth-order valence-corrected chi connectivity index (χ4v) is 2.82. The Hall–Kier alpha value is -2.02. The van der Waals surface area contributed by atoms with Crippen LogP contribution >= 0.6 is 11.3 Å². The molecule has 0 bridgehead atoms. The highest BCUT2D eigenvalue weighted by molar-refractivity contribution is 7.11. The third-order valence-corrected chi connectivity index (χ3v) is 4.23. The molecule has 0 aliphatic carbocycles. The van der Waals surface area contributed by atoms with Crippen molar-refractivity contribution in [2.75, 3.05) is 5.32 Å². The highest BCUT2D eigenvalue weighted by atomic mass is 32.1. The first-order valence-electron chi connectivity index (χ1n) is 6.54. The van der Waals surface area contributed by atoms with E-state index in [4.69, 9.17) is 0 Å². The predicted molar refractivity (Wildman–Crippen MR) is 79.1 cm³/mol. The smallest absolute Gasteiger partial charge is 0.254 e. The van der Waals surface area contributed by atoms with Gasteiger partial charge in [-0.15, -0.1) is 11.3 Å². The summed E-state index contributed by atoms with van der Waals surface area (Å²) in [6.45, 7) is 6.88. The molecule has 6 nitrogen and oxygen atoms in total. The van der Waals surface area contributed by atoms with Crippen molar-refractivity contribution in [3.05, 3.63) is 33.7 Å². The Morgan fingerprint density at radius 2 is 2.15 bits per heavy atom. The number of hydrogen-bond acceptors (Lipinski definition) is 6. The predicted octanol–water partition coefficient (Wildman–Crippen LogP) is 2.37. The largest absolute Gasteiger partial charge is 0.363 e. The van der Waals surface area contributed by atoms with Crippen molar-refractivity contribution >= 4 is 22.9 Å². The molecule has 0 saturated heterocycles. The van der Waals surface area contributed by atoms with E-state index in [9.17, 15) is 0 Å². The number of anilines is 1. The minimum atomic E-state index is 0.623. The van der Waals surface area contributed by atoms with Crippen molar-refractivity contribution in [3.8, 4) is 0 Å². The Bertz CT molecular complexity index is 725. The number of fused-ring (bicyclic) bond motifs is 1. The van der Waals surface area contributed by atoms with Crippen LogP contribution in [0, 0.1) is 13.8 Å². The highest BCUT2D eigenvalue weighted by Gasteiger charge is 2.08. The molecule has 0 aliphatic heterocycles. The molecule has 0 radical (unpaired) electrons. The van der Waals surface area contributed by atoms with Crippen LogP contribution in [-0.2, 0) is 13.0 Å². The molecular formula is C13H16N6S. The van der Waals surface area contributed by atoms with E-state index in [2.05, 4.69) is 39.2 Å². The van der Waals surface area contributed by atoms with E-state index in [0.29, 0.717) is 12.3 Å². The molecule has 3 rings (SSSR count).